The van der Waals surface area contributed by atoms with Gasteiger partial charge in [-0.2, -0.15) is 0 Å². The van der Waals surface area contributed by atoms with Gasteiger partial charge in [0.1, 0.15) is 0 Å². The number of amides is 1. The van der Waals surface area contributed by atoms with Crippen LogP contribution in [-0.4, -0.2) is 33.3 Å². The van der Waals surface area contributed by atoms with Crippen LogP contribution < -0.4 is 5.32 Å². The van der Waals surface area contributed by atoms with Gasteiger partial charge in [0.05, 0.1) is 11.8 Å². The van der Waals surface area contributed by atoms with Crippen molar-refractivity contribution in [2.45, 2.75) is 30.1 Å². The minimum absolute atomic E-state index is 0.180. The van der Waals surface area contributed by atoms with Gasteiger partial charge in [-0.25, -0.2) is 0 Å². The van der Waals surface area contributed by atoms with Crippen molar-refractivity contribution in [2.75, 3.05) is 17.6 Å². The summed E-state index contributed by atoms with van der Waals surface area (Å²) in [6.45, 7) is 2.90. The van der Waals surface area contributed by atoms with Crippen molar-refractivity contribution < 1.29 is 4.79 Å². The summed E-state index contributed by atoms with van der Waals surface area (Å²) in [5.74, 6) is 0.584. The first-order chi connectivity index (χ1) is 13.2. The van der Waals surface area contributed by atoms with Crippen molar-refractivity contribution >= 4 is 51.2 Å². The molecule has 1 fully saturated rings. The molecule has 0 bridgehead atoms. The SMILES string of the molecule is Cc1ccc(Nc2nnc(SCC(=O)N3CCCC3c3cccs3)s2)cc1. The molecule has 2 aromatic heterocycles. The molecular formula is C19H20N4OS3. The van der Waals surface area contributed by atoms with E-state index < -0.39 is 0 Å². The Morgan fingerprint density at radius 3 is 2.93 bits per heavy atom. The second kappa shape index (κ2) is 8.41. The summed E-state index contributed by atoms with van der Waals surface area (Å²) < 4.78 is 0.810. The molecule has 1 N–H and O–H groups in total. The molecule has 3 heterocycles. The summed E-state index contributed by atoms with van der Waals surface area (Å²) in [5, 5.41) is 14.5. The first kappa shape index (κ1) is 18.5. The van der Waals surface area contributed by atoms with Crippen molar-refractivity contribution in [2.24, 2.45) is 0 Å². The van der Waals surface area contributed by atoms with Crippen LogP contribution in [0.15, 0.2) is 46.1 Å². The molecule has 0 radical (unpaired) electrons. The molecule has 140 valence electrons. The number of carbonyl (C=O) groups excluding carboxylic acids is 1. The number of hydrogen-bond acceptors (Lipinski definition) is 7. The van der Waals surface area contributed by atoms with Gasteiger partial charge in [0, 0.05) is 17.1 Å². The Morgan fingerprint density at radius 1 is 1.30 bits per heavy atom. The number of likely N-dealkylation sites (tertiary alicyclic amines) is 1. The van der Waals surface area contributed by atoms with Gasteiger partial charge in [-0.15, -0.1) is 21.5 Å². The van der Waals surface area contributed by atoms with Crippen LogP contribution in [0.1, 0.15) is 29.3 Å². The number of anilines is 2. The molecule has 1 saturated heterocycles. The molecule has 1 aliphatic rings. The third-order valence-electron chi connectivity index (χ3n) is 4.47. The zero-order valence-corrected chi connectivity index (χ0v) is 17.4. The number of rotatable bonds is 6. The fourth-order valence-electron chi connectivity index (χ4n) is 3.13. The van der Waals surface area contributed by atoms with E-state index in [1.165, 1.54) is 33.5 Å². The van der Waals surface area contributed by atoms with Crippen LogP contribution >= 0.6 is 34.4 Å². The monoisotopic (exact) mass is 416 g/mol. The van der Waals surface area contributed by atoms with Crippen molar-refractivity contribution in [1.82, 2.24) is 15.1 Å². The van der Waals surface area contributed by atoms with Crippen molar-refractivity contribution in [1.29, 1.82) is 0 Å². The molecule has 1 aliphatic heterocycles. The van der Waals surface area contributed by atoms with Crippen molar-refractivity contribution in [3.8, 4) is 0 Å². The standard InChI is InChI=1S/C19H20N4OS3/c1-13-6-8-14(9-7-13)20-18-21-22-19(27-18)26-12-17(24)23-10-2-4-15(23)16-5-3-11-25-16/h3,5-9,11,15H,2,4,10,12H2,1H3,(H,20,21). The Kier molecular flexibility index (Phi) is 5.75. The Hall–Kier alpha value is -1.90. The second-order valence-electron chi connectivity index (χ2n) is 6.41. The number of benzene rings is 1. The summed E-state index contributed by atoms with van der Waals surface area (Å²) in [6.07, 6.45) is 2.13. The maximum Gasteiger partial charge on any atom is 0.233 e. The van der Waals surface area contributed by atoms with E-state index in [0.29, 0.717) is 5.75 Å². The highest BCUT2D eigenvalue weighted by Gasteiger charge is 2.30. The van der Waals surface area contributed by atoms with Crippen LogP contribution in [0.5, 0.6) is 0 Å². The number of thioether (sulfide) groups is 1. The lowest BCUT2D eigenvalue weighted by Crippen LogP contribution is -2.31. The van der Waals surface area contributed by atoms with Crippen LogP contribution in [0.3, 0.4) is 0 Å². The smallest absolute Gasteiger partial charge is 0.233 e. The summed E-state index contributed by atoms with van der Waals surface area (Å²) >= 11 is 4.67. The summed E-state index contributed by atoms with van der Waals surface area (Å²) in [5.41, 5.74) is 2.20. The molecular weight excluding hydrogens is 396 g/mol. The zero-order valence-electron chi connectivity index (χ0n) is 14.9. The van der Waals surface area contributed by atoms with Gasteiger partial charge in [-0.05, 0) is 43.3 Å². The van der Waals surface area contributed by atoms with E-state index in [1.54, 1.807) is 11.3 Å². The quantitative estimate of drug-likeness (QED) is 0.566. The Labute approximate surface area is 170 Å². The zero-order chi connectivity index (χ0) is 18.6. The predicted molar refractivity (Wildman–Crippen MR) is 113 cm³/mol. The second-order valence-corrected chi connectivity index (χ2v) is 9.59. The number of carbonyl (C=O) groups is 1. The maximum absolute atomic E-state index is 12.7. The fourth-order valence-corrected chi connectivity index (χ4v) is 5.66. The van der Waals surface area contributed by atoms with E-state index >= 15 is 0 Å². The number of hydrogen-bond donors (Lipinski definition) is 1. The predicted octanol–water partition coefficient (Wildman–Crippen LogP) is 5.11. The third kappa shape index (κ3) is 4.51. The minimum atomic E-state index is 0.180. The van der Waals surface area contributed by atoms with E-state index in [1.807, 2.05) is 17.0 Å². The molecule has 1 aromatic carbocycles. The lowest BCUT2D eigenvalue weighted by Gasteiger charge is -2.23. The molecule has 8 heteroatoms. The molecule has 1 amide bonds. The van der Waals surface area contributed by atoms with E-state index in [4.69, 9.17) is 0 Å². The molecule has 1 atom stereocenters. The van der Waals surface area contributed by atoms with Crippen LogP contribution in [-0.2, 0) is 4.79 Å². The lowest BCUT2D eigenvalue weighted by molar-refractivity contribution is -0.129. The fraction of sp³-hybridized carbons (Fsp3) is 0.316. The summed E-state index contributed by atoms with van der Waals surface area (Å²) in [6, 6.07) is 12.6. The number of aryl methyl sites for hydroxylation is 1. The number of aromatic nitrogens is 2. The maximum atomic E-state index is 12.7. The third-order valence-corrected chi connectivity index (χ3v) is 7.40. The molecule has 4 rings (SSSR count). The lowest BCUT2D eigenvalue weighted by atomic mass is 10.2. The number of nitrogens with one attached hydrogen (secondary N) is 1. The Bertz CT molecular complexity index is 892. The van der Waals surface area contributed by atoms with Crippen LogP contribution in [0.2, 0.25) is 0 Å². The summed E-state index contributed by atoms with van der Waals surface area (Å²) in [4.78, 5) is 16.0. The molecule has 0 spiro atoms. The highest BCUT2D eigenvalue weighted by molar-refractivity contribution is 8.01. The van der Waals surface area contributed by atoms with E-state index in [9.17, 15) is 4.79 Å². The Morgan fingerprint density at radius 2 is 2.15 bits per heavy atom. The Balaban J connectivity index is 1.33. The number of nitrogens with zero attached hydrogens (tertiary/aromatic N) is 3. The van der Waals surface area contributed by atoms with Gasteiger partial charge in [-0.1, -0.05) is 46.9 Å². The highest BCUT2D eigenvalue weighted by atomic mass is 32.2. The minimum Gasteiger partial charge on any atom is -0.334 e. The summed E-state index contributed by atoms with van der Waals surface area (Å²) in [7, 11) is 0. The average molecular weight is 417 g/mol. The van der Waals surface area contributed by atoms with Crippen LogP contribution in [0.25, 0.3) is 0 Å². The van der Waals surface area contributed by atoms with Crippen LogP contribution in [0, 0.1) is 6.92 Å². The largest absolute Gasteiger partial charge is 0.334 e. The van der Waals surface area contributed by atoms with Gasteiger partial charge in [-0.3, -0.25) is 4.79 Å². The first-order valence-corrected chi connectivity index (χ1v) is 11.5. The van der Waals surface area contributed by atoms with E-state index in [0.717, 1.165) is 34.5 Å². The van der Waals surface area contributed by atoms with Gasteiger partial charge in [0.25, 0.3) is 0 Å². The molecule has 5 nitrogen and oxygen atoms in total. The average Bonchev–Trinajstić information content (AvgIpc) is 3.42. The van der Waals surface area contributed by atoms with Gasteiger partial charge in [0.15, 0.2) is 4.34 Å². The normalized spacial score (nSPS) is 16.6. The highest BCUT2D eigenvalue weighted by Crippen LogP contribution is 2.35. The van der Waals surface area contributed by atoms with Gasteiger partial charge >= 0.3 is 0 Å². The van der Waals surface area contributed by atoms with E-state index in [2.05, 4.69) is 52.1 Å². The number of thiophene rings is 1. The molecule has 3 aromatic rings. The molecule has 27 heavy (non-hydrogen) atoms. The molecule has 0 aliphatic carbocycles. The topological polar surface area (TPSA) is 58.1 Å². The van der Waals surface area contributed by atoms with Gasteiger partial charge < -0.3 is 10.2 Å². The van der Waals surface area contributed by atoms with Crippen LogP contribution in [0.4, 0.5) is 10.8 Å². The molecule has 1 unspecified atom stereocenters. The van der Waals surface area contributed by atoms with Gasteiger partial charge in [0.2, 0.25) is 11.0 Å². The first-order valence-electron chi connectivity index (χ1n) is 8.82. The van der Waals surface area contributed by atoms with Crippen molar-refractivity contribution in [3.05, 3.63) is 52.2 Å². The van der Waals surface area contributed by atoms with E-state index in [-0.39, 0.29) is 11.9 Å². The van der Waals surface area contributed by atoms with Crippen molar-refractivity contribution in [3.63, 3.8) is 0 Å². The molecule has 0 saturated carbocycles.